The summed E-state index contributed by atoms with van der Waals surface area (Å²) in [4.78, 5) is 34.5. The molecule has 0 fully saturated rings. The smallest absolute Gasteiger partial charge is 0.379 e. The molecule has 2 heterocycles. The van der Waals surface area contributed by atoms with Crippen molar-refractivity contribution >= 4 is 23.3 Å². The Kier molecular flexibility index (Phi) is 5.68. The van der Waals surface area contributed by atoms with Crippen LogP contribution < -0.4 is 5.32 Å². The van der Waals surface area contributed by atoms with Crippen LogP contribution in [0.3, 0.4) is 0 Å². The fraction of sp³-hybridized carbons (Fsp3) is 0.208. The summed E-state index contributed by atoms with van der Waals surface area (Å²) >= 11 is 0. The van der Waals surface area contributed by atoms with Gasteiger partial charge in [0.15, 0.2) is 0 Å². The summed E-state index contributed by atoms with van der Waals surface area (Å²) in [6, 6.07) is 16.4. The van der Waals surface area contributed by atoms with Crippen LogP contribution in [0.15, 0.2) is 54.6 Å². The zero-order chi connectivity index (χ0) is 22.8. The van der Waals surface area contributed by atoms with E-state index in [0.717, 1.165) is 22.5 Å². The summed E-state index contributed by atoms with van der Waals surface area (Å²) in [5.74, 6) is -1.14. The summed E-state index contributed by atoms with van der Waals surface area (Å²) in [6.45, 7) is 7.58. The highest BCUT2D eigenvalue weighted by atomic mass is 16.5. The molecule has 0 aliphatic heterocycles. The van der Waals surface area contributed by atoms with Crippen molar-refractivity contribution in [2.24, 2.45) is 0 Å². The van der Waals surface area contributed by atoms with Crippen LogP contribution in [0.1, 0.15) is 44.8 Å². The summed E-state index contributed by atoms with van der Waals surface area (Å²) < 4.78 is 7.07. The molecule has 0 radical (unpaired) electrons. The number of anilines is 1. The Hall–Kier alpha value is -4.07. The SMILES string of the molecule is Cc1cc(C)cc(NC(=O)[C@H](OC(=O)c2nc3nc(C)cc(C)n3n2)c2ccccc2)c1. The van der Waals surface area contributed by atoms with Crippen molar-refractivity contribution in [2.45, 2.75) is 33.8 Å². The average Bonchev–Trinajstić information content (AvgIpc) is 3.16. The lowest BCUT2D eigenvalue weighted by atomic mass is 10.1. The van der Waals surface area contributed by atoms with Gasteiger partial charge in [0.1, 0.15) is 0 Å². The Morgan fingerprint density at radius 2 is 1.62 bits per heavy atom. The number of nitrogens with one attached hydrogen (secondary N) is 1. The van der Waals surface area contributed by atoms with Gasteiger partial charge in [-0.2, -0.15) is 4.98 Å². The number of aromatic nitrogens is 4. The standard InChI is InChI=1S/C24H23N5O3/c1-14-10-15(2)12-19(11-14)26-22(30)20(18-8-6-5-7-9-18)32-23(31)21-27-24-25-16(3)13-17(4)29(24)28-21/h5-13,20H,1-4H3,(H,26,30)/t20-/m1/s1. The first kappa shape index (κ1) is 21.2. The quantitative estimate of drug-likeness (QED) is 0.483. The van der Waals surface area contributed by atoms with Crippen molar-refractivity contribution in [3.63, 3.8) is 0 Å². The van der Waals surface area contributed by atoms with E-state index in [0.29, 0.717) is 17.0 Å². The molecule has 0 spiro atoms. The molecule has 32 heavy (non-hydrogen) atoms. The van der Waals surface area contributed by atoms with E-state index in [1.54, 1.807) is 24.3 Å². The molecule has 4 rings (SSSR count). The van der Waals surface area contributed by atoms with Gasteiger partial charge in [-0.3, -0.25) is 4.79 Å². The van der Waals surface area contributed by atoms with Crippen molar-refractivity contribution in [1.29, 1.82) is 0 Å². The fourth-order valence-corrected chi connectivity index (χ4v) is 3.57. The second-order valence-corrected chi connectivity index (χ2v) is 7.75. The predicted molar refractivity (Wildman–Crippen MR) is 119 cm³/mol. The number of carbonyl (C=O) groups excluding carboxylic acids is 2. The third-order valence-corrected chi connectivity index (χ3v) is 4.86. The van der Waals surface area contributed by atoms with E-state index < -0.39 is 18.0 Å². The first-order valence-electron chi connectivity index (χ1n) is 10.2. The summed E-state index contributed by atoms with van der Waals surface area (Å²) in [5.41, 5.74) is 4.74. The number of amides is 1. The number of nitrogens with zero attached hydrogens (tertiary/aromatic N) is 4. The maximum atomic E-state index is 13.1. The first-order valence-corrected chi connectivity index (χ1v) is 10.2. The normalized spacial score (nSPS) is 11.9. The second kappa shape index (κ2) is 8.58. The van der Waals surface area contributed by atoms with Gasteiger partial charge in [0.2, 0.25) is 6.10 Å². The monoisotopic (exact) mass is 429 g/mol. The molecule has 162 valence electrons. The molecular formula is C24H23N5O3. The molecule has 2 aromatic heterocycles. The van der Waals surface area contributed by atoms with Crippen LogP contribution in [0.4, 0.5) is 5.69 Å². The highest BCUT2D eigenvalue weighted by Crippen LogP contribution is 2.22. The van der Waals surface area contributed by atoms with Gasteiger partial charge in [-0.15, -0.1) is 5.10 Å². The molecule has 8 nitrogen and oxygen atoms in total. The molecule has 0 bridgehead atoms. The highest BCUT2D eigenvalue weighted by molar-refractivity contribution is 5.97. The molecule has 1 amide bonds. The van der Waals surface area contributed by atoms with Crippen LogP contribution in [-0.2, 0) is 9.53 Å². The number of aryl methyl sites for hydroxylation is 4. The van der Waals surface area contributed by atoms with E-state index >= 15 is 0 Å². The molecule has 2 aromatic carbocycles. The number of benzene rings is 2. The minimum Gasteiger partial charge on any atom is -0.441 e. The van der Waals surface area contributed by atoms with Gasteiger partial charge >= 0.3 is 5.97 Å². The van der Waals surface area contributed by atoms with Crippen LogP contribution in [0.25, 0.3) is 5.78 Å². The number of hydrogen-bond acceptors (Lipinski definition) is 6. The van der Waals surface area contributed by atoms with Gasteiger partial charge in [0.25, 0.3) is 17.5 Å². The van der Waals surface area contributed by atoms with Crippen molar-refractivity contribution in [1.82, 2.24) is 19.6 Å². The van der Waals surface area contributed by atoms with E-state index in [1.165, 1.54) is 4.52 Å². The molecule has 0 aliphatic carbocycles. The van der Waals surface area contributed by atoms with Crippen LogP contribution >= 0.6 is 0 Å². The molecule has 4 aromatic rings. The largest absolute Gasteiger partial charge is 0.441 e. The Bertz CT molecular complexity index is 1290. The van der Waals surface area contributed by atoms with Gasteiger partial charge in [0.05, 0.1) is 0 Å². The van der Waals surface area contributed by atoms with E-state index in [1.807, 2.05) is 58.0 Å². The third-order valence-electron chi connectivity index (χ3n) is 4.86. The van der Waals surface area contributed by atoms with Crippen LogP contribution in [0.2, 0.25) is 0 Å². The van der Waals surface area contributed by atoms with E-state index in [-0.39, 0.29) is 5.82 Å². The topological polar surface area (TPSA) is 98.5 Å². The lowest BCUT2D eigenvalue weighted by Crippen LogP contribution is -2.26. The number of esters is 1. The Morgan fingerprint density at radius 3 is 2.31 bits per heavy atom. The predicted octanol–water partition coefficient (Wildman–Crippen LogP) is 3.89. The molecular weight excluding hydrogens is 406 g/mol. The molecule has 0 saturated carbocycles. The maximum Gasteiger partial charge on any atom is 0.379 e. The molecule has 0 saturated heterocycles. The molecule has 1 atom stereocenters. The fourth-order valence-electron chi connectivity index (χ4n) is 3.57. The third kappa shape index (κ3) is 4.49. The van der Waals surface area contributed by atoms with Gasteiger partial charge in [-0.1, -0.05) is 36.4 Å². The number of carbonyl (C=O) groups is 2. The number of ether oxygens (including phenoxy) is 1. The first-order chi connectivity index (χ1) is 15.3. The van der Waals surface area contributed by atoms with E-state index in [9.17, 15) is 9.59 Å². The van der Waals surface area contributed by atoms with Crippen molar-refractivity contribution in [3.05, 3.63) is 88.5 Å². The van der Waals surface area contributed by atoms with Crippen molar-refractivity contribution in [2.75, 3.05) is 5.32 Å². The van der Waals surface area contributed by atoms with Crippen LogP contribution in [0.5, 0.6) is 0 Å². The maximum absolute atomic E-state index is 13.1. The Balaban J connectivity index is 1.63. The zero-order valence-corrected chi connectivity index (χ0v) is 18.3. The molecule has 1 N–H and O–H groups in total. The Morgan fingerprint density at radius 1 is 0.938 bits per heavy atom. The van der Waals surface area contributed by atoms with E-state index in [2.05, 4.69) is 20.4 Å². The van der Waals surface area contributed by atoms with Gasteiger partial charge in [0, 0.05) is 22.6 Å². The zero-order valence-electron chi connectivity index (χ0n) is 18.3. The van der Waals surface area contributed by atoms with Gasteiger partial charge < -0.3 is 10.1 Å². The minimum atomic E-state index is -1.17. The Labute approximate surface area is 185 Å². The average molecular weight is 429 g/mol. The lowest BCUT2D eigenvalue weighted by Gasteiger charge is -2.17. The van der Waals surface area contributed by atoms with Crippen molar-refractivity contribution in [3.8, 4) is 0 Å². The second-order valence-electron chi connectivity index (χ2n) is 7.75. The molecule has 0 unspecified atom stereocenters. The number of fused-ring (bicyclic) bond motifs is 1. The summed E-state index contributed by atoms with van der Waals surface area (Å²) in [6.07, 6.45) is -1.17. The minimum absolute atomic E-state index is 0.161. The van der Waals surface area contributed by atoms with Crippen LogP contribution in [-0.4, -0.2) is 31.5 Å². The van der Waals surface area contributed by atoms with Crippen LogP contribution in [0, 0.1) is 27.7 Å². The highest BCUT2D eigenvalue weighted by Gasteiger charge is 2.28. The summed E-state index contributed by atoms with van der Waals surface area (Å²) in [7, 11) is 0. The summed E-state index contributed by atoms with van der Waals surface area (Å²) in [5, 5.41) is 7.05. The van der Waals surface area contributed by atoms with Gasteiger partial charge in [-0.05, 0) is 57.0 Å². The van der Waals surface area contributed by atoms with E-state index in [4.69, 9.17) is 4.74 Å². The number of rotatable bonds is 5. The number of hydrogen-bond donors (Lipinski definition) is 1. The molecule has 0 aliphatic rings. The van der Waals surface area contributed by atoms with Crippen molar-refractivity contribution < 1.29 is 14.3 Å². The lowest BCUT2D eigenvalue weighted by molar-refractivity contribution is -0.125. The van der Waals surface area contributed by atoms with Gasteiger partial charge in [-0.25, -0.2) is 14.3 Å². The molecule has 8 heteroatoms.